The molecule has 72 valence electrons. The molecule has 2 rings (SSSR count). The van der Waals surface area contributed by atoms with Gasteiger partial charge in [-0.3, -0.25) is 0 Å². The summed E-state index contributed by atoms with van der Waals surface area (Å²) in [5.74, 6) is 0. The van der Waals surface area contributed by atoms with Gasteiger partial charge in [0, 0.05) is 0 Å². The molecule has 0 aliphatic rings. The molecule has 0 bridgehead atoms. The maximum Gasteiger partial charge on any atom is 0.0761 e. The first-order chi connectivity index (χ1) is 6.77. The van der Waals surface area contributed by atoms with E-state index in [2.05, 4.69) is 16.8 Å². The van der Waals surface area contributed by atoms with E-state index in [0.717, 1.165) is 5.56 Å². The van der Waals surface area contributed by atoms with Crippen LogP contribution in [-0.4, -0.2) is 5.11 Å². The molecule has 0 fully saturated rings. The van der Waals surface area contributed by atoms with E-state index < -0.39 is 0 Å². The molecule has 1 aromatic heterocycles. The molecule has 0 saturated heterocycles. The van der Waals surface area contributed by atoms with Gasteiger partial charge in [-0.15, -0.1) is 0 Å². The fraction of sp³-hybridized carbons (Fsp3) is 0.167. The third kappa shape index (κ3) is 1.86. The molecular formula is C12H12OS. The average Bonchev–Trinajstić information content (AvgIpc) is 2.71. The van der Waals surface area contributed by atoms with Crippen molar-refractivity contribution in [3.63, 3.8) is 0 Å². The molecule has 1 unspecified atom stereocenters. The number of thiophene rings is 1. The SMILES string of the molecule is CC(O)c1ccc(-c2ccsc2)cc1. The molecular weight excluding hydrogens is 192 g/mol. The topological polar surface area (TPSA) is 20.2 Å². The normalized spacial score (nSPS) is 12.7. The van der Waals surface area contributed by atoms with Crippen molar-refractivity contribution >= 4 is 11.3 Å². The molecule has 1 aromatic carbocycles. The van der Waals surface area contributed by atoms with Gasteiger partial charge in [0.2, 0.25) is 0 Å². The van der Waals surface area contributed by atoms with E-state index in [0.29, 0.717) is 0 Å². The fourth-order valence-corrected chi connectivity index (χ4v) is 2.05. The summed E-state index contributed by atoms with van der Waals surface area (Å²) in [5.41, 5.74) is 3.41. The van der Waals surface area contributed by atoms with Crippen LogP contribution >= 0.6 is 11.3 Å². The van der Waals surface area contributed by atoms with Gasteiger partial charge in [0.15, 0.2) is 0 Å². The van der Waals surface area contributed by atoms with Crippen molar-refractivity contribution in [3.05, 3.63) is 46.7 Å². The van der Waals surface area contributed by atoms with Crippen molar-refractivity contribution in [1.82, 2.24) is 0 Å². The van der Waals surface area contributed by atoms with Gasteiger partial charge in [0.1, 0.15) is 0 Å². The zero-order chi connectivity index (χ0) is 9.97. The minimum atomic E-state index is -0.383. The third-order valence-corrected chi connectivity index (χ3v) is 2.93. The molecule has 2 heteroatoms. The highest BCUT2D eigenvalue weighted by atomic mass is 32.1. The molecule has 0 aliphatic heterocycles. The van der Waals surface area contributed by atoms with Gasteiger partial charge < -0.3 is 5.11 Å². The lowest BCUT2D eigenvalue weighted by Crippen LogP contribution is -1.89. The van der Waals surface area contributed by atoms with Gasteiger partial charge >= 0.3 is 0 Å². The van der Waals surface area contributed by atoms with Gasteiger partial charge in [-0.25, -0.2) is 0 Å². The van der Waals surface area contributed by atoms with Gasteiger partial charge in [-0.1, -0.05) is 24.3 Å². The van der Waals surface area contributed by atoms with Gasteiger partial charge in [-0.2, -0.15) is 11.3 Å². The highest BCUT2D eigenvalue weighted by Gasteiger charge is 2.01. The standard InChI is InChI=1S/C12H12OS/c1-9(13)10-2-4-11(5-3-10)12-6-7-14-8-12/h2-9,13H,1H3. The van der Waals surface area contributed by atoms with Crippen LogP contribution in [0.15, 0.2) is 41.1 Å². The summed E-state index contributed by atoms with van der Waals surface area (Å²) in [5, 5.41) is 13.5. The van der Waals surface area contributed by atoms with Crippen LogP contribution in [0.1, 0.15) is 18.6 Å². The van der Waals surface area contributed by atoms with Crippen LogP contribution in [0, 0.1) is 0 Å². The summed E-state index contributed by atoms with van der Waals surface area (Å²) in [6.45, 7) is 1.78. The van der Waals surface area contributed by atoms with Crippen LogP contribution in [0.25, 0.3) is 11.1 Å². The minimum absolute atomic E-state index is 0.383. The van der Waals surface area contributed by atoms with E-state index in [1.165, 1.54) is 11.1 Å². The Morgan fingerprint density at radius 1 is 1.07 bits per heavy atom. The van der Waals surface area contributed by atoms with E-state index in [1.807, 2.05) is 24.3 Å². The second kappa shape index (κ2) is 3.95. The summed E-state index contributed by atoms with van der Waals surface area (Å²) < 4.78 is 0. The lowest BCUT2D eigenvalue weighted by Gasteiger charge is -2.04. The maximum atomic E-state index is 9.35. The molecule has 0 radical (unpaired) electrons. The largest absolute Gasteiger partial charge is 0.389 e. The second-order valence-corrected chi connectivity index (χ2v) is 4.09. The first-order valence-electron chi connectivity index (χ1n) is 4.58. The molecule has 1 heterocycles. The molecule has 1 atom stereocenters. The number of hydrogen-bond acceptors (Lipinski definition) is 2. The Balaban J connectivity index is 2.31. The van der Waals surface area contributed by atoms with Crippen LogP contribution in [0.2, 0.25) is 0 Å². The third-order valence-electron chi connectivity index (χ3n) is 2.25. The van der Waals surface area contributed by atoms with Crippen molar-refractivity contribution in [2.75, 3.05) is 0 Å². The monoisotopic (exact) mass is 204 g/mol. The smallest absolute Gasteiger partial charge is 0.0761 e. The van der Waals surface area contributed by atoms with Crippen LogP contribution in [-0.2, 0) is 0 Å². The Hall–Kier alpha value is -1.12. The number of rotatable bonds is 2. The van der Waals surface area contributed by atoms with E-state index >= 15 is 0 Å². The Morgan fingerprint density at radius 3 is 2.29 bits per heavy atom. The number of aliphatic hydroxyl groups is 1. The van der Waals surface area contributed by atoms with Crippen LogP contribution in [0.5, 0.6) is 0 Å². The second-order valence-electron chi connectivity index (χ2n) is 3.31. The molecule has 2 aromatic rings. The quantitative estimate of drug-likeness (QED) is 0.794. The van der Waals surface area contributed by atoms with Gasteiger partial charge in [-0.05, 0) is 40.4 Å². The fourth-order valence-electron chi connectivity index (χ4n) is 1.38. The van der Waals surface area contributed by atoms with Crippen LogP contribution in [0.3, 0.4) is 0 Å². The van der Waals surface area contributed by atoms with E-state index in [9.17, 15) is 5.11 Å². The molecule has 1 N–H and O–H groups in total. The highest BCUT2D eigenvalue weighted by Crippen LogP contribution is 2.23. The summed E-state index contributed by atoms with van der Waals surface area (Å²) in [7, 11) is 0. The highest BCUT2D eigenvalue weighted by molar-refractivity contribution is 7.08. The van der Waals surface area contributed by atoms with Gasteiger partial charge in [0.25, 0.3) is 0 Å². The molecule has 0 saturated carbocycles. The average molecular weight is 204 g/mol. The zero-order valence-corrected chi connectivity index (χ0v) is 8.79. The number of aliphatic hydroxyl groups excluding tert-OH is 1. The summed E-state index contributed by atoms with van der Waals surface area (Å²) in [4.78, 5) is 0. The molecule has 1 nitrogen and oxygen atoms in total. The Bertz CT molecular complexity index is 387. The van der Waals surface area contributed by atoms with E-state index in [4.69, 9.17) is 0 Å². The number of benzene rings is 1. The Kier molecular flexibility index (Phi) is 2.66. The minimum Gasteiger partial charge on any atom is -0.389 e. The number of hydrogen-bond donors (Lipinski definition) is 1. The Labute approximate surface area is 87.7 Å². The maximum absolute atomic E-state index is 9.35. The predicted octanol–water partition coefficient (Wildman–Crippen LogP) is 3.47. The van der Waals surface area contributed by atoms with Gasteiger partial charge in [0.05, 0.1) is 6.10 Å². The first-order valence-corrected chi connectivity index (χ1v) is 5.52. The van der Waals surface area contributed by atoms with Crippen molar-refractivity contribution in [1.29, 1.82) is 0 Å². The van der Waals surface area contributed by atoms with Crippen LogP contribution in [0.4, 0.5) is 0 Å². The van der Waals surface area contributed by atoms with Crippen molar-refractivity contribution in [3.8, 4) is 11.1 Å². The van der Waals surface area contributed by atoms with Crippen molar-refractivity contribution in [2.45, 2.75) is 13.0 Å². The summed E-state index contributed by atoms with van der Waals surface area (Å²) in [6.07, 6.45) is -0.383. The summed E-state index contributed by atoms with van der Waals surface area (Å²) in [6, 6.07) is 10.1. The first kappa shape index (κ1) is 9.44. The zero-order valence-electron chi connectivity index (χ0n) is 7.97. The van der Waals surface area contributed by atoms with Crippen molar-refractivity contribution < 1.29 is 5.11 Å². The lowest BCUT2D eigenvalue weighted by molar-refractivity contribution is 0.199. The molecule has 14 heavy (non-hydrogen) atoms. The van der Waals surface area contributed by atoms with Crippen molar-refractivity contribution in [2.24, 2.45) is 0 Å². The molecule has 0 aliphatic carbocycles. The molecule has 0 spiro atoms. The van der Waals surface area contributed by atoms with E-state index in [-0.39, 0.29) is 6.10 Å². The lowest BCUT2D eigenvalue weighted by atomic mass is 10.0. The summed E-state index contributed by atoms with van der Waals surface area (Å²) >= 11 is 1.70. The van der Waals surface area contributed by atoms with Crippen LogP contribution < -0.4 is 0 Å². The molecule has 0 amide bonds. The van der Waals surface area contributed by atoms with E-state index in [1.54, 1.807) is 18.3 Å². The predicted molar refractivity (Wildman–Crippen MR) is 60.4 cm³/mol. The Morgan fingerprint density at radius 2 is 1.79 bits per heavy atom.